The van der Waals surface area contributed by atoms with Crippen molar-refractivity contribution in [1.82, 2.24) is 20.9 Å². The van der Waals surface area contributed by atoms with E-state index in [0.717, 1.165) is 16.0 Å². The van der Waals surface area contributed by atoms with Crippen LogP contribution in [0.5, 0.6) is 0 Å². The maximum atomic E-state index is 13.5. The minimum Gasteiger partial charge on any atom is -0.459 e. The molecule has 3 rings (SSSR count). The summed E-state index contributed by atoms with van der Waals surface area (Å²) in [4.78, 5) is 75.3. The molecule has 0 aliphatic heterocycles. The van der Waals surface area contributed by atoms with Crippen molar-refractivity contribution < 1.29 is 43.0 Å². The van der Waals surface area contributed by atoms with Gasteiger partial charge >= 0.3 is 12.1 Å². The fourth-order valence-electron chi connectivity index (χ4n) is 4.08. The second-order valence-electron chi connectivity index (χ2n) is 10.1. The number of esters is 1. The van der Waals surface area contributed by atoms with Gasteiger partial charge in [0.25, 0.3) is 0 Å². The van der Waals surface area contributed by atoms with Crippen LogP contribution in [-0.4, -0.2) is 79.6 Å². The molecule has 0 aliphatic carbocycles. The Morgan fingerprint density at radius 1 is 0.681 bits per heavy atom. The summed E-state index contributed by atoms with van der Waals surface area (Å²) < 4.78 is 15.5. The standard InChI is InChI=1S/C33H37N5O9/c34-28(39)19-38(23-45-22-31(42)46-20-25-12-6-2-7-13-25)32(43)27(16-24-10-4-1-5-11-24)37-30(41)18-35-29(40)17-36-33(44)47-21-26-14-8-3-9-15-26/h1-15,27H,16-23H2,(H2,34,39)(H,35,40)(H,36,44)(H,37,41)/t27-/m0/s1. The van der Waals surface area contributed by atoms with Gasteiger partial charge in [-0.3, -0.25) is 19.2 Å². The molecule has 0 unspecified atom stereocenters. The van der Waals surface area contributed by atoms with Crippen LogP contribution >= 0.6 is 0 Å². The summed E-state index contributed by atoms with van der Waals surface area (Å²) in [6.45, 7) is -2.48. The van der Waals surface area contributed by atoms with Crippen molar-refractivity contribution in [1.29, 1.82) is 0 Å². The number of hydrogen-bond acceptors (Lipinski definition) is 9. The zero-order valence-corrected chi connectivity index (χ0v) is 25.6. The van der Waals surface area contributed by atoms with Crippen LogP contribution < -0.4 is 21.7 Å². The Hall–Kier alpha value is -5.76. The fourth-order valence-corrected chi connectivity index (χ4v) is 4.08. The molecule has 0 heterocycles. The van der Waals surface area contributed by atoms with Crippen LogP contribution in [0, 0.1) is 0 Å². The van der Waals surface area contributed by atoms with Crippen LogP contribution in [0.3, 0.4) is 0 Å². The minimum atomic E-state index is -1.19. The van der Waals surface area contributed by atoms with Gasteiger partial charge < -0.3 is 40.8 Å². The number of amides is 5. The van der Waals surface area contributed by atoms with Crippen molar-refractivity contribution in [3.63, 3.8) is 0 Å². The van der Waals surface area contributed by atoms with Crippen molar-refractivity contribution in [3.8, 4) is 0 Å². The lowest BCUT2D eigenvalue weighted by atomic mass is 10.0. The number of nitrogens with one attached hydrogen (secondary N) is 3. The lowest BCUT2D eigenvalue weighted by Gasteiger charge is -2.27. The molecule has 5 amide bonds. The van der Waals surface area contributed by atoms with E-state index in [1.54, 1.807) is 78.9 Å². The maximum absolute atomic E-state index is 13.5. The molecule has 14 nitrogen and oxygen atoms in total. The van der Waals surface area contributed by atoms with Crippen LogP contribution in [0.25, 0.3) is 0 Å². The van der Waals surface area contributed by atoms with Crippen LogP contribution in [0.2, 0.25) is 0 Å². The lowest BCUT2D eigenvalue weighted by Crippen LogP contribution is -2.54. The van der Waals surface area contributed by atoms with Gasteiger partial charge in [-0.1, -0.05) is 91.0 Å². The second kappa shape index (κ2) is 19.6. The summed E-state index contributed by atoms with van der Waals surface area (Å²) in [6.07, 6.45) is -0.786. The van der Waals surface area contributed by atoms with E-state index in [1.165, 1.54) is 0 Å². The Bertz CT molecular complexity index is 1470. The van der Waals surface area contributed by atoms with E-state index in [9.17, 15) is 28.8 Å². The van der Waals surface area contributed by atoms with E-state index in [4.69, 9.17) is 19.9 Å². The van der Waals surface area contributed by atoms with Gasteiger partial charge in [-0.15, -0.1) is 0 Å². The van der Waals surface area contributed by atoms with E-state index in [-0.39, 0.29) is 19.6 Å². The third kappa shape index (κ3) is 14.3. The largest absolute Gasteiger partial charge is 0.459 e. The quantitative estimate of drug-likeness (QED) is 0.114. The highest BCUT2D eigenvalue weighted by atomic mass is 16.6. The zero-order chi connectivity index (χ0) is 33.9. The van der Waals surface area contributed by atoms with Gasteiger partial charge in [-0.2, -0.15) is 0 Å². The van der Waals surface area contributed by atoms with Gasteiger partial charge in [0.05, 0.1) is 6.54 Å². The summed E-state index contributed by atoms with van der Waals surface area (Å²) in [6, 6.07) is 25.6. The van der Waals surface area contributed by atoms with E-state index in [2.05, 4.69) is 16.0 Å². The first-order valence-electron chi connectivity index (χ1n) is 14.6. The third-order valence-electron chi connectivity index (χ3n) is 6.34. The van der Waals surface area contributed by atoms with Crippen LogP contribution in [0.15, 0.2) is 91.0 Å². The van der Waals surface area contributed by atoms with E-state index < -0.39 is 74.7 Å². The van der Waals surface area contributed by atoms with E-state index in [1.807, 2.05) is 12.1 Å². The Kier molecular flexibility index (Phi) is 14.9. The average molecular weight is 648 g/mol. The molecule has 3 aromatic rings. The molecule has 47 heavy (non-hydrogen) atoms. The molecular formula is C33H37N5O9. The van der Waals surface area contributed by atoms with Crippen molar-refractivity contribution in [2.24, 2.45) is 5.73 Å². The first-order chi connectivity index (χ1) is 22.7. The van der Waals surface area contributed by atoms with Crippen LogP contribution in [0.4, 0.5) is 4.79 Å². The molecule has 5 N–H and O–H groups in total. The average Bonchev–Trinajstić information content (AvgIpc) is 3.08. The molecule has 3 aromatic carbocycles. The number of primary amides is 1. The van der Waals surface area contributed by atoms with Crippen molar-refractivity contribution in [3.05, 3.63) is 108 Å². The van der Waals surface area contributed by atoms with Gasteiger partial charge in [0.2, 0.25) is 23.6 Å². The summed E-state index contributed by atoms with van der Waals surface area (Å²) in [5.41, 5.74) is 7.59. The fraction of sp³-hybridized carbons (Fsp3) is 0.273. The highest BCUT2D eigenvalue weighted by molar-refractivity contribution is 5.92. The SMILES string of the molecule is NC(=O)CN(COCC(=O)OCc1ccccc1)C(=O)[C@H](Cc1ccccc1)NC(=O)CNC(=O)CNC(=O)OCc1ccccc1. The summed E-state index contributed by atoms with van der Waals surface area (Å²) in [7, 11) is 0. The topological polar surface area (TPSA) is 195 Å². The molecule has 0 saturated carbocycles. The molecule has 0 aromatic heterocycles. The summed E-state index contributed by atoms with van der Waals surface area (Å²) in [5.74, 6) is -3.65. The molecule has 0 bridgehead atoms. The van der Waals surface area contributed by atoms with Crippen molar-refractivity contribution in [2.75, 3.05) is 33.0 Å². The van der Waals surface area contributed by atoms with Gasteiger partial charge in [-0.25, -0.2) is 9.59 Å². The number of benzene rings is 3. The summed E-state index contributed by atoms with van der Waals surface area (Å²) >= 11 is 0. The Morgan fingerprint density at radius 3 is 1.79 bits per heavy atom. The Morgan fingerprint density at radius 2 is 1.21 bits per heavy atom. The third-order valence-corrected chi connectivity index (χ3v) is 6.34. The first kappa shape index (κ1) is 35.7. The molecule has 0 radical (unpaired) electrons. The molecular weight excluding hydrogens is 610 g/mol. The molecule has 14 heteroatoms. The monoisotopic (exact) mass is 647 g/mol. The Balaban J connectivity index is 1.52. The van der Waals surface area contributed by atoms with Gasteiger partial charge in [0, 0.05) is 6.42 Å². The normalized spacial score (nSPS) is 11.0. The highest BCUT2D eigenvalue weighted by Crippen LogP contribution is 2.08. The Labute approximate surface area is 271 Å². The van der Waals surface area contributed by atoms with E-state index >= 15 is 0 Å². The molecule has 248 valence electrons. The van der Waals surface area contributed by atoms with Gasteiger partial charge in [0.1, 0.15) is 45.7 Å². The zero-order valence-electron chi connectivity index (χ0n) is 25.6. The number of nitrogens with two attached hydrogens (primary N) is 1. The number of carbonyl (C=O) groups excluding carboxylic acids is 6. The van der Waals surface area contributed by atoms with Gasteiger partial charge in [-0.05, 0) is 16.7 Å². The van der Waals surface area contributed by atoms with Crippen molar-refractivity contribution >= 4 is 35.7 Å². The highest BCUT2D eigenvalue weighted by Gasteiger charge is 2.28. The maximum Gasteiger partial charge on any atom is 0.407 e. The van der Waals surface area contributed by atoms with Crippen molar-refractivity contribution in [2.45, 2.75) is 25.7 Å². The molecule has 0 saturated heterocycles. The van der Waals surface area contributed by atoms with E-state index in [0.29, 0.717) is 5.56 Å². The van der Waals surface area contributed by atoms with Gasteiger partial charge in [0.15, 0.2) is 0 Å². The number of carbonyl (C=O) groups is 6. The predicted molar refractivity (Wildman–Crippen MR) is 168 cm³/mol. The minimum absolute atomic E-state index is 0.0175. The number of hydrogen-bond donors (Lipinski definition) is 4. The second-order valence-corrected chi connectivity index (χ2v) is 10.1. The smallest absolute Gasteiger partial charge is 0.407 e. The van der Waals surface area contributed by atoms with Crippen LogP contribution in [-0.2, 0) is 57.8 Å². The first-order valence-corrected chi connectivity index (χ1v) is 14.6. The molecule has 1 atom stereocenters. The number of rotatable bonds is 18. The number of nitrogens with zero attached hydrogens (tertiary/aromatic N) is 1. The number of ether oxygens (including phenoxy) is 3. The summed E-state index contributed by atoms with van der Waals surface area (Å²) in [5, 5.41) is 7.20. The number of alkyl carbamates (subject to hydrolysis) is 1. The molecule has 0 fully saturated rings. The molecule has 0 aliphatic rings. The van der Waals surface area contributed by atoms with Crippen LogP contribution in [0.1, 0.15) is 16.7 Å². The lowest BCUT2D eigenvalue weighted by molar-refractivity contribution is -0.156. The predicted octanol–water partition coefficient (Wildman–Crippen LogP) is 0.788. The molecule has 0 spiro atoms.